The summed E-state index contributed by atoms with van der Waals surface area (Å²) in [6.07, 6.45) is 1.78. The second-order valence-corrected chi connectivity index (χ2v) is 4.58. The number of anilines is 1. The molecule has 0 aromatic heterocycles. The molecule has 0 radical (unpaired) electrons. The predicted molar refractivity (Wildman–Crippen MR) is 73.8 cm³/mol. The van der Waals surface area contributed by atoms with E-state index < -0.39 is 0 Å². The van der Waals surface area contributed by atoms with Crippen molar-refractivity contribution in [3.05, 3.63) is 18.2 Å². The summed E-state index contributed by atoms with van der Waals surface area (Å²) in [6.45, 7) is 1.81. The molecule has 5 nitrogen and oxygen atoms in total. The van der Waals surface area contributed by atoms with Crippen LogP contribution in [0.15, 0.2) is 18.2 Å². The summed E-state index contributed by atoms with van der Waals surface area (Å²) < 4.78 is 10.4. The van der Waals surface area contributed by atoms with E-state index in [1.165, 1.54) is 0 Å². The van der Waals surface area contributed by atoms with Gasteiger partial charge in [-0.2, -0.15) is 0 Å². The molecule has 1 aromatic rings. The van der Waals surface area contributed by atoms with Crippen molar-refractivity contribution in [3.8, 4) is 11.5 Å². The van der Waals surface area contributed by atoms with Gasteiger partial charge >= 0.3 is 0 Å². The average Bonchev–Trinajstić information content (AvgIpc) is 2.48. The first-order valence-electron chi connectivity index (χ1n) is 6.48. The van der Waals surface area contributed by atoms with Gasteiger partial charge in [0.15, 0.2) is 11.5 Å². The third kappa shape index (κ3) is 3.38. The van der Waals surface area contributed by atoms with Crippen molar-refractivity contribution in [3.63, 3.8) is 0 Å². The highest BCUT2D eigenvalue weighted by molar-refractivity contribution is 5.92. The van der Waals surface area contributed by atoms with Crippen molar-refractivity contribution in [1.82, 2.24) is 5.32 Å². The minimum atomic E-state index is 0.0775. The van der Waals surface area contributed by atoms with E-state index in [1.807, 2.05) is 6.07 Å². The molecule has 0 saturated carbocycles. The second-order valence-electron chi connectivity index (χ2n) is 4.58. The molecule has 19 heavy (non-hydrogen) atoms. The lowest BCUT2D eigenvalue weighted by molar-refractivity contribution is -0.120. The Balaban J connectivity index is 2.03. The molecule has 2 rings (SSSR count). The molecule has 0 bridgehead atoms. The van der Waals surface area contributed by atoms with Crippen LogP contribution in [0.5, 0.6) is 11.5 Å². The van der Waals surface area contributed by atoms with Gasteiger partial charge in [0.25, 0.3) is 0 Å². The summed E-state index contributed by atoms with van der Waals surface area (Å²) in [5.74, 6) is 1.44. The van der Waals surface area contributed by atoms with Gasteiger partial charge in [0.1, 0.15) is 0 Å². The fraction of sp³-hybridized carbons (Fsp3) is 0.500. The molecule has 0 unspecified atom stereocenters. The predicted octanol–water partition coefficient (Wildman–Crippen LogP) is 1.64. The average molecular weight is 264 g/mol. The number of nitrogens with one attached hydrogen (secondary N) is 2. The van der Waals surface area contributed by atoms with Crippen LogP contribution in [-0.2, 0) is 4.79 Å². The summed E-state index contributed by atoms with van der Waals surface area (Å²) in [7, 11) is 3.17. The van der Waals surface area contributed by atoms with Gasteiger partial charge in [-0.05, 0) is 38.1 Å². The Kier molecular flexibility index (Phi) is 4.63. The van der Waals surface area contributed by atoms with Crippen molar-refractivity contribution >= 4 is 11.6 Å². The minimum absolute atomic E-state index is 0.0775. The lowest BCUT2D eigenvalue weighted by Crippen LogP contribution is -2.34. The Morgan fingerprint density at radius 3 is 2.53 bits per heavy atom. The number of benzene rings is 1. The van der Waals surface area contributed by atoms with E-state index in [0.29, 0.717) is 11.5 Å². The van der Waals surface area contributed by atoms with E-state index in [-0.39, 0.29) is 11.8 Å². The number of hydrogen-bond donors (Lipinski definition) is 2. The van der Waals surface area contributed by atoms with E-state index in [0.717, 1.165) is 31.6 Å². The van der Waals surface area contributed by atoms with E-state index >= 15 is 0 Å². The lowest BCUT2D eigenvalue weighted by Gasteiger charge is -2.22. The number of amides is 1. The zero-order valence-electron chi connectivity index (χ0n) is 11.4. The molecule has 1 heterocycles. The molecule has 1 aliphatic heterocycles. The first kappa shape index (κ1) is 13.7. The van der Waals surface area contributed by atoms with Crippen molar-refractivity contribution in [2.45, 2.75) is 12.8 Å². The standard InChI is InChI=1S/C14H20N2O3/c1-18-12-4-3-11(9-13(12)19-2)16-14(17)10-5-7-15-8-6-10/h3-4,9-10,15H,5-8H2,1-2H3,(H,16,17). The Labute approximate surface area is 113 Å². The van der Waals surface area contributed by atoms with Crippen molar-refractivity contribution < 1.29 is 14.3 Å². The van der Waals surface area contributed by atoms with E-state index in [2.05, 4.69) is 10.6 Å². The number of carbonyl (C=O) groups is 1. The molecule has 0 atom stereocenters. The van der Waals surface area contributed by atoms with Gasteiger partial charge in [-0.25, -0.2) is 0 Å². The number of methoxy groups -OCH3 is 2. The van der Waals surface area contributed by atoms with Crippen LogP contribution in [0.4, 0.5) is 5.69 Å². The molecule has 2 N–H and O–H groups in total. The molecule has 0 spiro atoms. The Hall–Kier alpha value is -1.75. The molecule has 1 saturated heterocycles. The first-order valence-corrected chi connectivity index (χ1v) is 6.48. The summed E-state index contributed by atoms with van der Waals surface area (Å²) in [5, 5.41) is 6.19. The molecule has 104 valence electrons. The van der Waals surface area contributed by atoms with Crippen LogP contribution in [-0.4, -0.2) is 33.2 Å². The van der Waals surface area contributed by atoms with Crippen LogP contribution in [0.2, 0.25) is 0 Å². The van der Waals surface area contributed by atoms with E-state index in [4.69, 9.17) is 9.47 Å². The molecular weight excluding hydrogens is 244 g/mol. The normalized spacial score (nSPS) is 15.9. The zero-order valence-corrected chi connectivity index (χ0v) is 11.4. The number of hydrogen-bond acceptors (Lipinski definition) is 4. The molecular formula is C14H20N2O3. The Morgan fingerprint density at radius 1 is 1.21 bits per heavy atom. The molecule has 1 fully saturated rings. The summed E-state index contributed by atoms with van der Waals surface area (Å²) in [4.78, 5) is 12.1. The van der Waals surface area contributed by atoms with Gasteiger partial charge < -0.3 is 20.1 Å². The molecule has 1 amide bonds. The third-order valence-corrected chi connectivity index (χ3v) is 3.36. The minimum Gasteiger partial charge on any atom is -0.493 e. The highest BCUT2D eigenvalue weighted by Gasteiger charge is 2.21. The van der Waals surface area contributed by atoms with Crippen molar-refractivity contribution in [2.24, 2.45) is 5.92 Å². The van der Waals surface area contributed by atoms with Crippen LogP contribution in [0.1, 0.15) is 12.8 Å². The van der Waals surface area contributed by atoms with Crippen molar-refractivity contribution in [2.75, 3.05) is 32.6 Å². The Bertz CT molecular complexity index is 442. The summed E-state index contributed by atoms with van der Waals surface area (Å²) in [5.41, 5.74) is 0.737. The van der Waals surface area contributed by atoms with Crippen LogP contribution in [0.3, 0.4) is 0 Å². The zero-order chi connectivity index (χ0) is 13.7. The first-order chi connectivity index (χ1) is 9.24. The summed E-state index contributed by atoms with van der Waals surface area (Å²) in [6, 6.07) is 5.38. The second kappa shape index (κ2) is 6.43. The maximum Gasteiger partial charge on any atom is 0.227 e. The van der Waals surface area contributed by atoms with Crippen molar-refractivity contribution in [1.29, 1.82) is 0 Å². The SMILES string of the molecule is COc1ccc(NC(=O)C2CCNCC2)cc1OC. The van der Waals surface area contributed by atoms with Gasteiger partial charge in [-0.3, -0.25) is 4.79 Å². The van der Waals surface area contributed by atoms with Crippen LogP contribution < -0.4 is 20.1 Å². The summed E-state index contributed by atoms with van der Waals surface area (Å²) >= 11 is 0. The largest absolute Gasteiger partial charge is 0.493 e. The van der Waals surface area contributed by atoms with Gasteiger partial charge in [-0.1, -0.05) is 0 Å². The number of ether oxygens (including phenoxy) is 2. The maximum absolute atomic E-state index is 12.1. The quantitative estimate of drug-likeness (QED) is 0.868. The topological polar surface area (TPSA) is 59.6 Å². The molecule has 5 heteroatoms. The molecule has 0 aliphatic carbocycles. The number of carbonyl (C=O) groups excluding carboxylic acids is 1. The fourth-order valence-electron chi connectivity index (χ4n) is 2.24. The van der Waals surface area contributed by atoms with E-state index in [9.17, 15) is 4.79 Å². The number of piperidine rings is 1. The maximum atomic E-state index is 12.1. The molecule has 1 aromatic carbocycles. The molecule has 1 aliphatic rings. The Morgan fingerprint density at radius 2 is 1.89 bits per heavy atom. The lowest BCUT2D eigenvalue weighted by atomic mass is 9.97. The van der Waals surface area contributed by atoms with Crippen LogP contribution in [0.25, 0.3) is 0 Å². The smallest absolute Gasteiger partial charge is 0.227 e. The third-order valence-electron chi connectivity index (χ3n) is 3.36. The fourth-order valence-corrected chi connectivity index (χ4v) is 2.24. The van der Waals surface area contributed by atoms with E-state index in [1.54, 1.807) is 26.4 Å². The highest BCUT2D eigenvalue weighted by Crippen LogP contribution is 2.30. The van der Waals surface area contributed by atoms with Crippen LogP contribution >= 0.6 is 0 Å². The van der Waals surface area contributed by atoms with Gasteiger partial charge in [0.2, 0.25) is 5.91 Å². The van der Waals surface area contributed by atoms with Crippen LogP contribution in [0, 0.1) is 5.92 Å². The highest BCUT2D eigenvalue weighted by atomic mass is 16.5. The van der Waals surface area contributed by atoms with Gasteiger partial charge in [0.05, 0.1) is 14.2 Å². The monoisotopic (exact) mass is 264 g/mol. The number of rotatable bonds is 4. The van der Waals surface area contributed by atoms with Gasteiger partial charge in [-0.15, -0.1) is 0 Å². The van der Waals surface area contributed by atoms with Gasteiger partial charge in [0, 0.05) is 17.7 Å².